The van der Waals surface area contributed by atoms with Crippen LogP contribution in [0.25, 0.3) is 5.82 Å². The number of carbonyl (C=O) groups excluding carboxylic acids is 1. The predicted molar refractivity (Wildman–Crippen MR) is 88.9 cm³/mol. The summed E-state index contributed by atoms with van der Waals surface area (Å²) < 4.78 is 1.50. The van der Waals surface area contributed by atoms with Gasteiger partial charge in [-0.05, 0) is 29.8 Å². The van der Waals surface area contributed by atoms with Gasteiger partial charge in [0.25, 0.3) is 5.91 Å². The van der Waals surface area contributed by atoms with Crippen LogP contribution >= 0.6 is 0 Å². The summed E-state index contributed by atoms with van der Waals surface area (Å²) in [6.07, 6.45) is 6.25. The second kappa shape index (κ2) is 6.86. The lowest BCUT2D eigenvalue weighted by Crippen LogP contribution is -2.23. The van der Waals surface area contributed by atoms with E-state index in [1.807, 2.05) is 31.1 Å². The summed E-state index contributed by atoms with van der Waals surface area (Å²) in [5, 5.41) is 6.90. The first-order valence-electron chi connectivity index (χ1n) is 7.35. The molecule has 0 unspecified atom stereocenters. The topological polar surface area (TPSA) is 88.8 Å². The molecule has 24 heavy (non-hydrogen) atoms. The minimum absolute atomic E-state index is 0.179. The fourth-order valence-corrected chi connectivity index (χ4v) is 2.11. The van der Waals surface area contributed by atoms with Crippen LogP contribution in [0.3, 0.4) is 0 Å². The van der Waals surface area contributed by atoms with Crippen LogP contribution < -0.4 is 10.2 Å². The van der Waals surface area contributed by atoms with Crippen molar-refractivity contribution in [2.75, 3.05) is 19.0 Å². The number of aromatic nitrogens is 5. The van der Waals surface area contributed by atoms with Gasteiger partial charge in [0, 0.05) is 38.6 Å². The first-order chi connectivity index (χ1) is 11.6. The highest BCUT2D eigenvalue weighted by atomic mass is 16.1. The van der Waals surface area contributed by atoms with E-state index in [4.69, 9.17) is 0 Å². The minimum atomic E-state index is -0.179. The molecule has 3 aromatic heterocycles. The van der Waals surface area contributed by atoms with E-state index in [0.717, 1.165) is 11.4 Å². The number of nitrogens with zero attached hydrogens (tertiary/aromatic N) is 6. The van der Waals surface area contributed by atoms with Gasteiger partial charge in [0.15, 0.2) is 5.82 Å². The summed E-state index contributed by atoms with van der Waals surface area (Å²) in [5.41, 5.74) is 1.49. The van der Waals surface area contributed by atoms with Crippen LogP contribution in [0.1, 0.15) is 15.9 Å². The first-order valence-corrected chi connectivity index (χ1v) is 7.35. The molecule has 8 nitrogen and oxygen atoms in total. The maximum atomic E-state index is 12.3. The Hall–Kier alpha value is -3.29. The van der Waals surface area contributed by atoms with Gasteiger partial charge in [-0.2, -0.15) is 5.10 Å². The number of anilines is 1. The Morgan fingerprint density at radius 3 is 2.79 bits per heavy atom. The number of hydrogen-bond donors (Lipinski definition) is 1. The summed E-state index contributed by atoms with van der Waals surface area (Å²) in [6.45, 7) is 0.420. The van der Waals surface area contributed by atoms with Crippen LogP contribution in [-0.2, 0) is 6.54 Å². The van der Waals surface area contributed by atoms with Crippen molar-refractivity contribution in [1.82, 2.24) is 30.0 Å². The Morgan fingerprint density at radius 1 is 1.21 bits per heavy atom. The van der Waals surface area contributed by atoms with Crippen LogP contribution in [0, 0.1) is 0 Å². The molecule has 122 valence electrons. The zero-order valence-corrected chi connectivity index (χ0v) is 13.4. The monoisotopic (exact) mass is 323 g/mol. The smallest absolute Gasteiger partial charge is 0.251 e. The Balaban J connectivity index is 1.69. The number of rotatable bonds is 5. The van der Waals surface area contributed by atoms with E-state index in [1.165, 1.54) is 17.3 Å². The van der Waals surface area contributed by atoms with Crippen molar-refractivity contribution in [3.8, 4) is 5.82 Å². The van der Waals surface area contributed by atoms with E-state index in [9.17, 15) is 4.79 Å². The number of pyridine rings is 2. The molecule has 0 aliphatic rings. The maximum absolute atomic E-state index is 12.3. The highest BCUT2D eigenvalue weighted by Crippen LogP contribution is 2.10. The summed E-state index contributed by atoms with van der Waals surface area (Å²) in [5.74, 6) is 1.21. The molecule has 3 aromatic rings. The van der Waals surface area contributed by atoms with E-state index in [2.05, 4.69) is 25.4 Å². The van der Waals surface area contributed by atoms with Gasteiger partial charge in [0.05, 0.1) is 0 Å². The van der Waals surface area contributed by atoms with Gasteiger partial charge in [0.2, 0.25) is 0 Å². The van der Waals surface area contributed by atoms with Crippen LogP contribution in [0.15, 0.2) is 49.3 Å². The van der Waals surface area contributed by atoms with Crippen LogP contribution in [0.5, 0.6) is 0 Å². The second-order valence-corrected chi connectivity index (χ2v) is 5.34. The minimum Gasteiger partial charge on any atom is -0.363 e. The van der Waals surface area contributed by atoms with Crippen LogP contribution in [-0.4, -0.2) is 44.7 Å². The van der Waals surface area contributed by atoms with Crippen molar-refractivity contribution in [1.29, 1.82) is 0 Å². The Morgan fingerprint density at radius 2 is 2.04 bits per heavy atom. The predicted octanol–water partition coefficient (Wildman–Crippen LogP) is 1.05. The Bertz CT molecular complexity index is 830. The van der Waals surface area contributed by atoms with Gasteiger partial charge in [-0.15, -0.1) is 0 Å². The zero-order valence-electron chi connectivity index (χ0n) is 13.4. The molecule has 0 radical (unpaired) electrons. The Kier molecular flexibility index (Phi) is 4.46. The van der Waals surface area contributed by atoms with Crippen LogP contribution in [0.4, 0.5) is 5.82 Å². The highest BCUT2D eigenvalue weighted by Gasteiger charge is 2.08. The lowest BCUT2D eigenvalue weighted by atomic mass is 10.2. The molecule has 3 heterocycles. The van der Waals surface area contributed by atoms with Crippen molar-refractivity contribution < 1.29 is 4.79 Å². The highest BCUT2D eigenvalue weighted by molar-refractivity contribution is 5.94. The number of hydrogen-bond acceptors (Lipinski definition) is 6. The van der Waals surface area contributed by atoms with E-state index < -0.39 is 0 Å². The third kappa shape index (κ3) is 3.54. The molecule has 8 heteroatoms. The quantitative estimate of drug-likeness (QED) is 0.755. The molecule has 3 rings (SSSR count). The van der Waals surface area contributed by atoms with Gasteiger partial charge in [-0.25, -0.2) is 19.6 Å². The van der Waals surface area contributed by atoms with Crippen molar-refractivity contribution >= 4 is 11.7 Å². The number of nitrogens with one attached hydrogen (secondary N) is 1. The SMILES string of the molecule is CN(C)c1cc(CNC(=O)c2ccnc(-n3cncn3)c2)ccn1. The summed E-state index contributed by atoms with van der Waals surface area (Å²) >= 11 is 0. The lowest BCUT2D eigenvalue weighted by molar-refractivity contribution is 0.0950. The zero-order chi connectivity index (χ0) is 16.9. The average molecular weight is 323 g/mol. The molecular formula is C16H17N7O. The maximum Gasteiger partial charge on any atom is 0.251 e. The summed E-state index contributed by atoms with van der Waals surface area (Å²) in [7, 11) is 3.85. The molecule has 1 amide bonds. The molecule has 0 spiro atoms. The van der Waals surface area contributed by atoms with Crippen molar-refractivity contribution in [2.24, 2.45) is 0 Å². The van der Waals surface area contributed by atoms with Crippen molar-refractivity contribution in [3.63, 3.8) is 0 Å². The van der Waals surface area contributed by atoms with Gasteiger partial charge in [-0.1, -0.05) is 0 Å². The van der Waals surface area contributed by atoms with Gasteiger partial charge in [0.1, 0.15) is 18.5 Å². The second-order valence-electron chi connectivity index (χ2n) is 5.34. The fraction of sp³-hybridized carbons (Fsp3) is 0.188. The standard InChI is InChI=1S/C16H17N7O/c1-22(2)14-7-12(3-5-18-14)9-20-16(24)13-4-6-19-15(8-13)23-11-17-10-21-23/h3-8,10-11H,9H2,1-2H3,(H,20,24). The van der Waals surface area contributed by atoms with Gasteiger partial charge < -0.3 is 10.2 Å². The molecule has 0 atom stereocenters. The van der Waals surface area contributed by atoms with Gasteiger partial charge in [-0.3, -0.25) is 4.79 Å². The van der Waals surface area contributed by atoms with E-state index in [0.29, 0.717) is 17.9 Å². The van der Waals surface area contributed by atoms with E-state index >= 15 is 0 Å². The molecule has 0 aliphatic carbocycles. The average Bonchev–Trinajstić information content (AvgIpc) is 3.15. The molecule has 1 N–H and O–H groups in total. The molecule has 0 aromatic carbocycles. The normalized spacial score (nSPS) is 10.4. The van der Waals surface area contributed by atoms with Gasteiger partial charge >= 0.3 is 0 Å². The third-order valence-electron chi connectivity index (χ3n) is 3.38. The number of carbonyl (C=O) groups is 1. The molecule has 0 saturated carbocycles. The molecule has 0 bridgehead atoms. The Labute approximate surface area is 139 Å². The summed E-state index contributed by atoms with van der Waals surface area (Å²) in [6, 6.07) is 7.14. The van der Waals surface area contributed by atoms with Crippen molar-refractivity contribution in [3.05, 3.63) is 60.4 Å². The molecule has 0 fully saturated rings. The van der Waals surface area contributed by atoms with E-state index in [-0.39, 0.29) is 5.91 Å². The molecule has 0 saturated heterocycles. The molecule has 0 aliphatic heterocycles. The summed E-state index contributed by atoms with van der Waals surface area (Å²) in [4.78, 5) is 26.6. The largest absolute Gasteiger partial charge is 0.363 e. The van der Waals surface area contributed by atoms with Crippen molar-refractivity contribution in [2.45, 2.75) is 6.54 Å². The fourth-order valence-electron chi connectivity index (χ4n) is 2.11. The first kappa shape index (κ1) is 15.6. The molecular weight excluding hydrogens is 306 g/mol. The van der Waals surface area contributed by atoms with Crippen LogP contribution in [0.2, 0.25) is 0 Å². The lowest BCUT2D eigenvalue weighted by Gasteiger charge is -2.12. The number of amides is 1. The van der Waals surface area contributed by atoms with E-state index in [1.54, 1.807) is 24.5 Å². The third-order valence-corrected chi connectivity index (χ3v) is 3.38.